The zero-order valence-electron chi connectivity index (χ0n) is 15.6. The van der Waals surface area contributed by atoms with E-state index in [2.05, 4.69) is 0 Å². The summed E-state index contributed by atoms with van der Waals surface area (Å²) in [5.41, 5.74) is 0. The summed E-state index contributed by atoms with van der Waals surface area (Å²) in [5, 5.41) is 0. The van der Waals surface area contributed by atoms with Gasteiger partial charge in [0.05, 0.1) is 20.8 Å². The van der Waals surface area contributed by atoms with Crippen LogP contribution in [0, 0.1) is 5.92 Å². The van der Waals surface area contributed by atoms with E-state index in [9.17, 15) is 8.42 Å². The molecule has 3 rings (SSSR count). The number of nitrogens with zero attached hydrogens (tertiary/aromatic N) is 1. The van der Waals surface area contributed by atoms with Crippen molar-refractivity contribution in [1.82, 2.24) is 4.31 Å². The standard InChI is InChI=1S/C20H25NO5S/c1-24-18-10-11-20(19(13-18)25-2)27(22,23)21-12-6-7-16(14-21)15-26-17-8-4-3-5-9-17/h3-5,8-11,13,16H,6-7,12,14-15H2,1-2H3. The smallest absolute Gasteiger partial charge is 0.246 e. The third-order valence-electron chi connectivity index (χ3n) is 4.70. The third kappa shape index (κ3) is 4.54. The van der Waals surface area contributed by atoms with Gasteiger partial charge in [-0.2, -0.15) is 4.31 Å². The maximum Gasteiger partial charge on any atom is 0.246 e. The van der Waals surface area contributed by atoms with E-state index < -0.39 is 10.0 Å². The van der Waals surface area contributed by atoms with E-state index in [1.807, 2.05) is 30.3 Å². The van der Waals surface area contributed by atoms with Crippen molar-refractivity contribution >= 4 is 10.0 Å². The minimum Gasteiger partial charge on any atom is -0.497 e. The second-order valence-corrected chi connectivity index (χ2v) is 8.42. The summed E-state index contributed by atoms with van der Waals surface area (Å²) in [6, 6.07) is 14.3. The van der Waals surface area contributed by atoms with Gasteiger partial charge in [0.15, 0.2) is 0 Å². The molecule has 27 heavy (non-hydrogen) atoms. The van der Waals surface area contributed by atoms with E-state index in [4.69, 9.17) is 14.2 Å². The molecule has 0 spiro atoms. The summed E-state index contributed by atoms with van der Waals surface area (Å²) >= 11 is 0. The van der Waals surface area contributed by atoms with Crippen molar-refractivity contribution in [3.8, 4) is 17.2 Å². The molecular weight excluding hydrogens is 366 g/mol. The molecule has 1 saturated heterocycles. The van der Waals surface area contributed by atoms with Gasteiger partial charge in [-0.3, -0.25) is 0 Å². The van der Waals surface area contributed by atoms with Gasteiger partial charge in [0.1, 0.15) is 22.1 Å². The van der Waals surface area contributed by atoms with E-state index >= 15 is 0 Å². The Kier molecular flexibility index (Phi) is 6.23. The highest BCUT2D eigenvalue weighted by Crippen LogP contribution is 2.32. The molecule has 0 bridgehead atoms. The Bertz CT molecular complexity index is 854. The van der Waals surface area contributed by atoms with Crippen molar-refractivity contribution in [2.24, 2.45) is 5.92 Å². The van der Waals surface area contributed by atoms with Gasteiger partial charge in [-0.25, -0.2) is 8.42 Å². The molecule has 0 saturated carbocycles. The van der Waals surface area contributed by atoms with Crippen LogP contribution in [-0.2, 0) is 10.0 Å². The lowest BCUT2D eigenvalue weighted by Crippen LogP contribution is -2.41. The first-order chi connectivity index (χ1) is 13.0. The molecule has 0 aromatic heterocycles. The number of ether oxygens (including phenoxy) is 3. The molecule has 2 aromatic rings. The second kappa shape index (κ2) is 8.63. The summed E-state index contributed by atoms with van der Waals surface area (Å²) in [6.45, 7) is 1.43. The number of rotatable bonds is 7. The molecule has 0 radical (unpaired) electrons. The van der Waals surface area contributed by atoms with E-state index in [-0.39, 0.29) is 16.6 Å². The molecule has 7 heteroatoms. The summed E-state index contributed by atoms with van der Waals surface area (Å²) in [7, 11) is -0.657. The molecule has 1 heterocycles. The van der Waals surface area contributed by atoms with Gasteiger partial charge in [0.2, 0.25) is 10.0 Å². The van der Waals surface area contributed by atoms with Gasteiger partial charge in [-0.05, 0) is 37.1 Å². The van der Waals surface area contributed by atoms with Crippen LogP contribution in [0.2, 0.25) is 0 Å². The summed E-state index contributed by atoms with van der Waals surface area (Å²) in [5.74, 6) is 1.79. The van der Waals surface area contributed by atoms with Crippen LogP contribution in [0.1, 0.15) is 12.8 Å². The summed E-state index contributed by atoms with van der Waals surface area (Å²) in [4.78, 5) is 0.162. The number of benzene rings is 2. The van der Waals surface area contributed by atoms with E-state index in [0.29, 0.717) is 25.4 Å². The lowest BCUT2D eigenvalue weighted by Gasteiger charge is -2.32. The lowest BCUT2D eigenvalue weighted by molar-refractivity contribution is 0.180. The first-order valence-electron chi connectivity index (χ1n) is 8.94. The zero-order valence-corrected chi connectivity index (χ0v) is 16.4. The number of piperidine rings is 1. The van der Waals surface area contributed by atoms with Crippen LogP contribution in [0.15, 0.2) is 53.4 Å². The predicted octanol–water partition coefficient (Wildman–Crippen LogP) is 3.18. The minimum absolute atomic E-state index is 0.151. The Morgan fingerprint density at radius 3 is 2.52 bits per heavy atom. The van der Waals surface area contributed by atoms with Crippen LogP contribution < -0.4 is 14.2 Å². The van der Waals surface area contributed by atoms with Gasteiger partial charge in [0, 0.05) is 25.1 Å². The van der Waals surface area contributed by atoms with E-state index in [0.717, 1.165) is 18.6 Å². The number of methoxy groups -OCH3 is 2. The van der Waals surface area contributed by atoms with Crippen molar-refractivity contribution in [2.45, 2.75) is 17.7 Å². The molecular formula is C20H25NO5S. The van der Waals surface area contributed by atoms with Crippen molar-refractivity contribution in [1.29, 1.82) is 0 Å². The van der Waals surface area contributed by atoms with Crippen LogP contribution in [-0.4, -0.2) is 46.6 Å². The molecule has 1 fully saturated rings. The van der Waals surface area contributed by atoms with Gasteiger partial charge >= 0.3 is 0 Å². The SMILES string of the molecule is COc1ccc(S(=O)(=O)N2CCCC(COc3ccccc3)C2)c(OC)c1. The molecule has 1 unspecified atom stereocenters. The Morgan fingerprint density at radius 2 is 1.81 bits per heavy atom. The monoisotopic (exact) mass is 391 g/mol. The topological polar surface area (TPSA) is 65.1 Å². The molecule has 6 nitrogen and oxygen atoms in total. The lowest BCUT2D eigenvalue weighted by atomic mass is 10.0. The van der Waals surface area contributed by atoms with E-state index in [1.54, 1.807) is 12.1 Å². The van der Waals surface area contributed by atoms with Crippen molar-refractivity contribution in [2.75, 3.05) is 33.9 Å². The Labute approximate surface area is 160 Å². The normalized spacial score (nSPS) is 18.1. The van der Waals surface area contributed by atoms with Crippen molar-refractivity contribution in [3.63, 3.8) is 0 Å². The first kappa shape index (κ1) is 19.5. The van der Waals surface area contributed by atoms with Crippen LogP contribution >= 0.6 is 0 Å². The fourth-order valence-electron chi connectivity index (χ4n) is 3.24. The van der Waals surface area contributed by atoms with Crippen molar-refractivity contribution < 1.29 is 22.6 Å². The summed E-state index contributed by atoms with van der Waals surface area (Å²) in [6.07, 6.45) is 1.75. The third-order valence-corrected chi connectivity index (χ3v) is 6.60. The zero-order chi connectivity index (χ0) is 19.3. The predicted molar refractivity (Wildman–Crippen MR) is 103 cm³/mol. The van der Waals surface area contributed by atoms with Crippen LogP contribution in [0.3, 0.4) is 0 Å². The molecule has 0 N–H and O–H groups in total. The molecule has 146 valence electrons. The highest BCUT2D eigenvalue weighted by atomic mass is 32.2. The van der Waals surface area contributed by atoms with Gasteiger partial charge in [0.25, 0.3) is 0 Å². The average molecular weight is 391 g/mol. The van der Waals surface area contributed by atoms with Crippen LogP contribution in [0.5, 0.6) is 17.2 Å². The molecule has 0 aliphatic carbocycles. The molecule has 1 aliphatic rings. The van der Waals surface area contributed by atoms with Gasteiger partial charge in [-0.1, -0.05) is 18.2 Å². The molecule has 0 amide bonds. The van der Waals surface area contributed by atoms with Gasteiger partial charge < -0.3 is 14.2 Å². The highest BCUT2D eigenvalue weighted by molar-refractivity contribution is 7.89. The maximum absolute atomic E-state index is 13.2. The fraction of sp³-hybridized carbons (Fsp3) is 0.400. The number of hydrogen-bond donors (Lipinski definition) is 0. The first-order valence-corrected chi connectivity index (χ1v) is 10.4. The Morgan fingerprint density at radius 1 is 1.04 bits per heavy atom. The van der Waals surface area contributed by atoms with Crippen LogP contribution in [0.4, 0.5) is 0 Å². The van der Waals surface area contributed by atoms with Crippen LogP contribution in [0.25, 0.3) is 0 Å². The largest absolute Gasteiger partial charge is 0.497 e. The van der Waals surface area contributed by atoms with E-state index in [1.165, 1.54) is 24.6 Å². The number of hydrogen-bond acceptors (Lipinski definition) is 5. The Balaban J connectivity index is 1.73. The number of para-hydroxylation sites is 1. The molecule has 2 aromatic carbocycles. The molecule has 1 aliphatic heterocycles. The number of sulfonamides is 1. The van der Waals surface area contributed by atoms with Gasteiger partial charge in [-0.15, -0.1) is 0 Å². The molecule has 1 atom stereocenters. The Hall–Kier alpha value is -2.25. The maximum atomic E-state index is 13.2. The van der Waals surface area contributed by atoms with Crippen molar-refractivity contribution in [3.05, 3.63) is 48.5 Å². The fourth-order valence-corrected chi connectivity index (χ4v) is 4.93. The average Bonchev–Trinajstić information content (AvgIpc) is 2.72. The minimum atomic E-state index is -3.65. The quantitative estimate of drug-likeness (QED) is 0.725. The second-order valence-electron chi connectivity index (χ2n) is 6.51. The highest BCUT2D eigenvalue weighted by Gasteiger charge is 2.32. The summed E-state index contributed by atoms with van der Waals surface area (Å²) < 4.78 is 44.1.